The van der Waals surface area contributed by atoms with Gasteiger partial charge in [-0.2, -0.15) is 0 Å². The van der Waals surface area contributed by atoms with Crippen molar-refractivity contribution >= 4 is 16.5 Å². The van der Waals surface area contributed by atoms with Gasteiger partial charge in [0, 0.05) is 30.2 Å². The summed E-state index contributed by atoms with van der Waals surface area (Å²) < 4.78 is 0. The van der Waals surface area contributed by atoms with E-state index in [1.54, 1.807) is 0 Å². The van der Waals surface area contributed by atoms with Crippen LogP contribution in [0.5, 0.6) is 0 Å². The molecule has 0 atom stereocenters. The smallest absolute Gasteiger partial charge is 0.0393 e. The molecule has 1 fully saturated rings. The fourth-order valence-electron chi connectivity index (χ4n) is 3.83. The lowest BCUT2D eigenvalue weighted by atomic mass is 9.86. The molecular weight excluding hydrogens is 308 g/mol. The molecule has 25 heavy (non-hydrogen) atoms. The number of hydrogen-bond donors (Lipinski definition) is 4. The number of fused-ring (bicyclic) bond motifs is 1. The molecule has 2 aromatic carbocycles. The predicted molar refractivity (Wildman–Crippen MR) is 108 cm³/mol. The summed E-state index contributed by atoms with van der Waals surface area (Å²) >= 11 is 0. The van der Waals surface area contributed by atoms with E-state index in [9.17, 15) is 0 Å². The van der Waals surface area contributed by atoms with Crippen molar-refractivity contribution in [3.8, 4) is 0 Å². The molecule has 0 unspecified atom stereocenters. The third-order valence-electron chi connectivity index (χ3n) is 5.42. The number of benzene rings is 2. The standard InChI is InChI=1S/C21H32N4/c22-18-8-5-16(6-9-18)15-25-14-13-24-12-11-17-7-10-21(23)20-4-2-1-3-19(17)20/h1-4,7,10,16,18,24-25H,5-6,8-9,11-15,22-23H2. The number of nitrogen functional groups attached to an aromatic ring is 1. The number of rotatable bonds is 8. The maximum Gasteiger partial charge on any atom is 0.0393 e. The summed E-state index contributed by atoms with van der Waals surface area (Å²) in [6.45, 7) is 4.18. The Bertz CT molecular complexity index is 662. The van der Waals surface area contributed by atoms with Crippen molar-refractivity contribution in [2.75, 3.05) is 31.9 Å². The zero-order valence-electron chi connectivity index (χ0n) is 15.1. The van der Waals surface area contributed by atoms with Crippen molar-refractivity contribution in [1.82, 2.24) is 10.6 Å². The maximum atomic E-state index is 6.07. The zero-order chi connectivity index (χ0) is 17.5. The molecule has 3 rings (SSSR count). The third-order valence-corrected chi connectivity index (χ3v) is 5.42. The van der Waals surface area contributed by atoms with Crippen LogP contribution in [0.3, 0.4) is 0 Å². The van der Waals surface area contributed by atoms with Gasteiger partial charge < -0.3 is 22.1 Å². The Balaban J connectivity index is 1.33. The van der Waals surface area contributed by atoms with E-state index in [1.165, 1.54) is 36.6 Å². The number of hydrogen-bond acceptors (Lipinski definition) is 4. The van der Waals surface area contributed by atoms with E-state index in [-0.39, 0.29) is 0 Å². The monoisotopic (exact) mass is 340 g/mol. The minimum atomic E-state index is 0.447. The molecule has 2 aromatic rings. The molecule has 1 aliphatic rings. The first-order valence-corrected chi connectivity index (χ1v) is 9.67. The highest BCUT2D eigenvalue weighted by Crippen LogP contribution is 2.24. The Labute approximate surface area is 151 Å². The van der Waals surface area contributed by atoms with Crippen LogP contribution < -0.4 is 22.1 Å². The molecule has 136 valence electrons. The van der Waals surface area contributed by atoms with Gasteiger partial charge in [0.15, 0.2) is 0 Å². The Kier molecular flexibility index (Phi) is 6.68. The molecule has 0 saturated heterocycles. The fraction of sp³-hybridized carbons (Fsp3) is 0.524. The lowest BCUT2D eigenvalue weighted by Gasteiger charge is -2.26. The van der Waals surface area contributed by atoms with E-state index in [0.29, 0.717) is 6.04 Å². The van der Waals surface area contributed by atoms with Crippen LogP contribution in [0.1, 0.15) is 31.2 Å². The number of anilines is 1. The van der Waals surface area contributed by atoms with Crippen molar-refractivity contribution in [3.05, 3.63) is 42.0 Å². The second-order valence-corrected chi connectivity index (χ2v) is 7.34. The van der Waals surface area contributed by atoms with Gasteiger partial charge in [0.25, 0.3) is 0 Å². The molecule has 1 aliphatic carbocycles. The van der Waals surface area contributed by atoms with Crippen LogP contribution in [0.15, 0.2) is 36.4 Å². The summed E-state index contributed by atoms with van der Waals surface area (Å²) in [4.78, 5) is 0. The third kappa shape index (κ3) is 5.18. The molecule has 0 heterocycles. The van der Waals surface area contributed by atoms with Gasteiger partial charge in [-0.3, -0.25) is 0 Å². The van der Waals surface area contributed by atoms with E-state index >= 15 is 0 Å². The van der Waals surface area contributed by atoms with Crippen LogP contribution in [0.2, 0.25) is 0 Å². The SMILES string of the molecule is Nc1ccc(CCNCCNCC2CCC(N)CC2)c2ccccc12. The Morgan fingerprint density at radius 2 is 1.56 bits per heavy atom. The number of nitrogens with two attached hydrogens (primary N) is 2. The predicted octanol–water partition coefficient (Wildman–Crippen LogP) is 2.66. The highest BCUT2D eigenvalue weighted by molar-refractivity contribution is 5.95. The Morgan fingerprint density at radius 1 is 0.840 bits per heavy atom. The van der Waals surface area contributed by atoms with Crippen molar-refractivity contribution in [2.24, 2.45) is 11.7 Å². The molecule has 4 nitrogen and oxygen atoms in total. The lowest BCUT2D eigenvalue weighted by molar-refractivity contribution is 0.315. The molecule has 1 saturated carbocycles. The molecule has 0 aliphatic heterocycles. The first kappa shape index (κ1) is 18.2. The summed E-state index contributed by atoms with van der Waals surface area (Å²) in [5.74, 6) is 0.820. The van der Waals surface area contributed by atoms with Crippen LogP contribution in [-0.2, 0) is 6.42 Å². The van der Waals surface area contributed by atoms with Crippen LogP contribution in [0, 0.1) is 5.92 Å². The van der Waals surface area contributed by atoms with Crippen LogP contribution >= 0.6 is 0 Å². The molecule has 6 N–H and O–H groups in total. The highest BCUT2D eigenvalue weighted by atomic mass is 14.9. The molecule has 0 radical (unpaired) electrons. The highest BCUT2D eigenvalue weighted by Gasteiger charge is 2.17. The number of nitrogens with one attached hydrogen (secondary N) is 2. The first-order valence-electron chi connectivity index (χ1n) is 9.67. The topological polar surface area (TPSA) is 76.1 Å². The average Bonchev–Trinajstić information content (AvgIpc) is 2.64. The maximum absolute atomic E-state index is 6.07. The van der Waals surface area contributed by atoms with Crippen molar-refractivity contribution < 1.29 is 0 Å². The van der Waals surface area contributed by atoms with Gasteiger partial charge in [-0.1, -0.05) is 30.3 Å². The van der Waals surface area contributed by atoms with Gasteiger partial charge in [0.2, 0.25) is 0 Å². The quantitative estimate of drug-likeness (QED) is 0.440. The van der Waals surface area contributed by atoms with E-state index in [0.717, 1.165) is 49.6 Å². The second kappa shape index (κ2) is 9.18. The van der Waals surface area contributed by atoms with Gasteiger partial charge in [0.1, 0.15) is 0 Å². The molecule has 0 spiro atoms. The minimum absolute atomic E-state index is 0.447. The van der Waals surface area contributed by atoms with E-state index < -0.39 is 0 Å². The zero-order valence-corrected chi connectivity index (χ0v) is 15.1. The van der Waals surface area contributed by atoms with Gasteiger partial charge in [-0.15, -0.1) is 0 Å². The summed E-state index contributed by atoms with van der Waals surface area (Å²) in [6, 6.07) is 13.0. The molecule has 0 amide bonds. The molecule has 0 bridgehead atoms. The van der Waals surface area contributed by atoms with Crippen molar-refractivity contribution in [1.29, 1.82) is 0 Å². The molecule has 0 aromatic heterocycles. The van der Waals surface area contributed by atoms with Gasteiger partial charge in [0.05, 0.1) is 0 Å². The van der Waals surface area contributed by atoms with Gasteiger partial charge in [-0.05, 0) is 68.1 Å². The van der Waals surface area contributed by atoms with Crippen LogP contribution in [-0.4, -0.2) is 32.2 Å². The molecule has 4 heteroatoms. The Hall–Kier alpha value is -1.62. The lowest BCUT2D eigenvalue weighted by Crippen LogP contribution is -2.34. The van der Waals surface area contributed by atoms with Gasteiger partial charge in [-0.25, -0.2) is 0 Å². The van der Waals surface area contributed by atoms with Crippen LogP contribution in [0.25, 0.3) is 10.8 Å². The Morgan fingerprint density at radius 3 is 2.36 bits per heavy atom. The van der Waals surface area contributed by atoms with E-state index in [1.807, 2.05) is 12.1 Å². The molecular formula is C21H32N4. The largest absolute Gasteiger partial charge is 0.398 e. The van der Waals surface area contributed by atoms with Crippen LogP contribution in [0.4, 0.5) is 5.69 Å². The van der Waals surface area contributed by atoms with Crippen molar-refractivity contribution in [2.45, 2.75) is 38.1 Å². The average molecular weight is 341 g/mol. The normalized spacial score (nSPS) is 20.8. The summed E-state index contributed by atoms with van der Waals surface area (Å²) in [6.07, 6.45) is 5.99. The summed E-state index contributed by atoms with van der Waals surface area (Å²) in [5.41, 5.74) is 14.3. The van der Waals surface area contributed by atoms with E-state index in [4.69, 9.17) is 11.5 Å². The first-order chi connectivity index (χ1) is 12.2. The van der Waals surface area contributed by atoms with E-state index in [2.05, 4.69) is 34.9 Å². The summed E-state index contributed by atoms with van der Waals surface area (Å²) in [7, 11) is 0. The van der Waals surface area contributed by atoms with Crippen molar-refractivity contribution in [3.63, 3.8) is 0 Å². The fourth-order valence-corrected chi connectivity index (χ4v) is 3.83. The second-order valence-electron chi connectivity index (χ2n) is 7.34. The summed E-state index contributed by atoms with van der Waals surface area (Å²) in [5, 5.41) is 9.57. The minimum Gasteiger partial charge on any atom is -0.398 e. The van der Waals surface area contributed by atoms with Gasteiger partial charge >= 0.3 is 0 Å².